The predicted molar refractivity (Wildman–Crippen MR) is 82.5 cm³/mol. The molecule has 1 heterocycles. The predicted octanol–water partition coefficient (Wildman–Crippen LogP) is 1.85. The van der Waals surface area contributed by atoms with Crippen LogP contribution in [0.1, 0.15) is 12.6 Å². The second-order valence-electron chi connectivity index (χ2n) is 4.46. The van der Waals surface area contributed by atoms with Crippen LogP contribution < -0.4 is 10.0 Å². The van der Waals surface area contributed by atoms with Crippen LogP contribution in [0, 0.1) is 0 Å². The summed E-state index contributed by atoms with van der Waals surface area (Å²) in [5.41, 5.74) is 1.85. The molecule has 0 bridgehead atoms. The van der Waals surface area contributed by atoms with Crippen molar-refractivity contribution in [3.8, 4) is 0 Å². The van der Waals surface area contributed by atoms with E-state index in [2.05, 4.69) is 15.0 Å². The zero-order valence-electron chi connectivity index (χ0n) is 11.2. The monoisotopic (exact) mass is 315 g/mol. The standard InChI is InChI=1S/C13H18ClN3O2S/c1-2-16-20(18,19)8-7-15-9-12-13(14)10-5-3-4-6-11(10)17-12/h3-6,15-17H,2,7-9H2,1H3. The number of aromatic amines is 1. The van der Waals surface area contributed by atoms with Crippen LogP contribution in [-0.2, 0) is 16.6 Å². The van der Waals surface area contributed by atoms with Gasteiger partial charge in [-0.25, -0.2) is 13.1 Å². The number of benzene rings is 1. The normalized spacial score (nSPS) is 12.1. The number of hydrogen-bond acceptors (Lipinski definition) is 3. The lowest BCUT2D eigenvalue weighted by Crippen LogP contribution is -2.31. The van der Waals surface area contributed by atoms with E-state index in [4.69, 9.17) is 11.6 Å². The smallest absolute Gasteiger partial charge is 0.212 e. The number of para-hydroxylation sites is 1. The van der Waals surface area contributed by atoms with Gasteiger partial charge in [0.25, 0.3) is 0 Å². The maximum Gasteiger partial charge on any atom is 0.212 e. The van der Waals surface area contributed by atoms with E-state index in [0.29, 0.717) is 24.7 Å². The van der Waals surface area contributed by atoms with E-state index in [1.54, 1.807) is 6.92 Å². The van der Waals surface area contributed by atoms with Gasteiger partial charge in [-0.3, -0.25) is 0 Å². The molecular formula is C13H18ClN3O2S. The van der Waals surface area contributed by atoms with Crippen LogP contribution in [0.25, 0.3) is 10.9 Å². The highest BCUT2D eigenvalue weighted by Crippen LogP contribution is 2.26. The minimum Gasteiger partial charge on any atom is -0.356 e. The molecule has 110 valence electrons. The Morgan fingerprint density at radius 1 is 1.30 bits per heavy atom. The minimum absolute atomic E-state index is 0.0543. The van der Waals surface area contributed by atoms with Crippen LogP contribution in [0.5, 0.6) is 0 Å². The minimum atomic E-state index is -3.18. The summed E-state index contributed by atoms with van der Waals surface area (Å²) < 4.78 is 25.4. The van der Waals surface area contributed by atoms with Crippen LogP contribution in [0.3, 0.4) is 0 Å². The number of nitrogens with one attached hydrogen (secondary N) is 3. The molecule has 0 aliphatic heterocycles. The van der Waals surface area contributed by atoms with E-state index in [1.807, 2.05) is 24.3 Å². The zero-order chi connectivity index (χ0) is 14.6. The molecule has 3 N–H and O–H groups in total. The Kier molecular flexibility index (Phi) is 5.04. The number of hydrogen-bond donors (Lipinski definition) is 3. The van der Waals surface area contributed by atoms with Crippen molar-refractivity contribution in [1.29, 1.82) is 0 Å². The molecule has 0 spiro atoms. The second kappa shape index (κ2) is 6.58. The van der Waals surface area contributed by atoms with Crippen molar-refractivity contribution >= 4 is 32.5 Å². The molecule has 2 aromatic rings. The molecule has 0 radical (unpaired) electrons. The number of fused-ring (bicyclic) bond motifs is 1. The Bertz CT molecular complexity index is 682. The highest BCUT2D eigenvalue weighted by molar-refractivity contribution is 7.89. The van der Waals surface area contributed by atoms with Gasteiger partial charge in [0, 0.05) is 36.2 Å². The van der Waals surface area contributed by atoms with E-state index in [1.165, 1.54) is 0 Å². The molecule has 0 unspecified atom stereocenters. The Labute approximate surface area is 123 Å². The second-order valence-corrected chi connectivity index (χ2v) is 6.76. The topological polar surface area (TPSA) is 74.0 Å². The van der Waals surface area contributed by atoms with Crippen molar-refractivity contribution < 1.29 is 8.42 Å². The van der Waals surface area contributed by atoms with Crippen LogP contribution in [0.15, 0.2) is 24.3 Å². The van der Waals surface area contributed by atoms with Crippen molar-refractivity contribution in [3.63, 3.8) is 0 Å². The number of halogens is 1. The lowest BCUT2D eigenvalue weighted by molar-refractivity contribution is 0.578. The molecule has 2 rings (SSSR count). The number of sulfonamides is 1. The largest absolute Gasteiger partial charge is 0.356 e. The van der Waals surface area contributed by atoms with Gasteiger partial charge < -0.3 is 10.3 Å². The van der Waals surface area contributed by atoms with Crippen LogP contribution in [0.2, 0.25) is 5.02 Å². The van der Waals surface area contributed by atoms with E-state index in [-0.39, 0.29) is 5.75 Å². The highest BCUT2D eigenvalue weighted by atomic mass is 35.5. The Balaban J connectivity index is 1.92. The molecule has 0 saturated carbocycles. The quantitative estimate of drug-likeness (QED) is 0.683. The third-order valence-corrected chi connectivity index (χ3v) is 4.83. The Morgan fingerprint density at radius 3 is 2.75 bits per heavy atom. The molecule has 0 amide bonds. The van der Waals surface area contributed by atoms with Crippen molar-refractivity contribution in [2.24, 2.45) is 0 Å². The SMILES string of the molecule is CCNS(=O)(=O)CCNCc1[nH]c2ccccc2c1Cl. The first-order valence-electron chi connectivity index (χ1n) is 6.46. The van der Waals surface area contributed by atoms with Gasteiger partial charge in [0.05, 0.1) is 10.8 Å². The van der Waals surface area contributed by atoms with Crippen LogP contribution in [-0.4, -0.2) is 32.2 Å². The third-order valence-electron chi connectivity index (χ3n) is 2.93. The average Bonchev–Trinajstić information content (AvgIpc) is 2.72. The lowest BCUT2D eigenvalue weighted by Gasteiger charge is -2.05. The Hall–Kier alpha value is -1.08. The molecule has 0 atom stereocenters. The van der Waals surface area contributed by atoms with Gasteiger partial charge in [0.2, 0.25) is 10.0 Å². The fourth-order valence-corrected chi connectivity index (χ4v) is 3.27. The summed E-state index contributed by atoms with van der Waals surface area (Å²) in [6.07, 6.45) is 0. The molecule has 1 aromatic carbocycles. The summed E-state index contributed by atoms with van der Waals surface area (Å²) in [5, 5.41) is 4.74. The summed E-state index contributed by atoms with van der Waals surface area (Å²) in [4.78, 5) is 3.23. The summed E-state index contributed by atoms with van der Waals surface area (Å²) in [5.74, 6) is 0.0543. The van der Waals surface area contributed by atoms with Crippen molar-refractivity contribution in [2.45, 2.75) is 13.5 Å². The summed E-state index contributed by atoms with van der Waals surface area (Å²) in [6, 6.07) is 7.78. The maximum absolute atomic E-state index is 11.5. The van der Waals surface area contributed by atoms with E-state index in [0.717, 1.165) is 16.6 Å². The van der Waals surface area contributed by atoms with Gasteiger partial charge in [0.1, 0.15) is 0 Å². The first-order chi connectivity index (χ1) is 9.53. The molecule has 7 heteroatoms. The Morgan fingerprint density at radius 2 is 2.05 bits per heavy atom. The van der Waals surface area contributed by atoms with Crippen molar-refractivity contribution in [3.05, 3.63) is 35.0 Å². The van der Waals surface area contributed by atoms with Crippen molar-refractivity contribution in [2.75, 3.05) is 18.8 Å². The van der Waals surface area contributed by atoms with Gasteiger partial charge in [-0.2, -0.15) is 0 Å². The molecule has 20 heavy (non-hydrogen) atoms. The fraction of sp³-hybridized carbons (Fsp3) is 0.385. The number of aromatic nitrogens is 1. The van der Waals surface area contributed by atoms with Crippen molar-refractivity contribution in [1.82, 2.24) is 15.0 Å². The first kappa shape index (κ1) is 15.3. The van der Waals surface area contributed by atoms with E-state index >= 15 is 0 Å². The lowest BCUT2D eigenvalue weighted by atomic mass is 10.2. The molecule has 0 saturated heterocycles. The van der Waals surface area contributed by atoms with Gasteiger partial charge in [-0.15, -0.1) is 0 Å². The van der Waals surface area contributed by atoms with Gasteiger partial charge in [-0.05, 0) is 6.07 Å². The van der Waals surface area contributed by atoms with E-state index in [9.17, 15) is 8.42 Å². The summed E-state index contributed by atoms with van der Waals surface area (Å²) >= 11 is 6.27. The molecule has 0 aliphatic carbocycles. The molecular weight excluding hydrogens is 298 g/mol. The first-order valence-corrected chi connectivity index (χ1v) is 8.49. The zero-order valence-corrected chi connectivity index (χ0v) is 12.8. The fourth-order valence-electron chi connectivity index (χ4n) is 2.00. The van der Waals surface area contributed by atoms with Gasteiger partial charge in [-0.1, -0.05) is 36.7 Å². The van der Waals surface area contributed by atoms with Crippen LogP contribution >= 0.6 is 11.6 Å². The van der Waals surface area contributed by atoms with E-state index < -0.39 is 10.0 Å². The molecule has 5 nitrogen and oxygen atoms in total. The van der Waals surface area contributed by atoms with Gasteiger partial charge >= 0.3 is 0 Å². The van der Waals surface area contributed by atoms with Gasteiger partial charge in [0.15, 0.2) is 0 Å². The average molecular weight is 316 g/mol. The molecule has 1 aromatic heterocycles. The molecule has 0 fully saturated rings. The molecule has 0 aliphatic rings. The highest BCUT2D eigenvalue weighted by Gasteiger charge is 2.10. The third kappa shape index (κ3) is 3.73. The number of rotatable bonds is 7. The summed E-state index contributed by atoms with van der Waals surface area (Å²) in [6.45, 7) is 3.06. The maximum atomic E-state index is 11.5. The summed E-state index contributed by atoms with van der Waals surface area (Å²) in [7, 11) is -3.18. The van der Waals surface area contributed by atoms with Crippen LogP contribution in [0.4, 0.5) is 0 Å². The number of H-pyrrole nitrogens is 1.